The van der Waals surface area contributed by atoms with Crippen molar-refractivity contribution in [3.63, 3.8) is 0 Å². The van der Waals surface area contributed by atoms with Crippen molar-refractivity contribution in [3.05, 3.63) is 35.9 Å². The molecular weight excluding hydrogens is 310 g/mol. The van der Waals surface area contributed by atoms with Crippen molar-refractivity contribution in [3.8, 4) is 0 Å². The summed E-state index contributed by atoms with van der Waals surface area (Å²) in [7, 11) is -1.46. The Morgan fingerprint density at radius 2 is 1.96 bits per heavy atom. The quantitative estimate of drug-likeness (QED) is 0.714. The van der Waals surface area contributed by atoms with E-state index in [1.54, 1.807) is 7.11 Å². The van der Waals surface area contributed by atoms with E-state index < -0.39 is 10.0 Å². The summed E-state index contributed by atoms with van der Waals surface area (Å²) < 4.78 is 32.5. The van der Waals surface area contributed by atoms with Crippen LogP contribution in [0, 0.1) is 17.3 Å². The van der Waals surface area contributed by atoms with Crippen molar-refractivity contribution < 1.29 is 13.2 Å². The highest BCUT2D eigenvalue weighted by Gasteiger charge is 2.44. The van der Waals surface area contributed by atoms with Gasteiger partial charge >= 0.3 is 0 Å². The average molecular weight is 337 g/mol. The van der Waals surface area contributed by atoms with Crippen molar-refractivity contribution in [2.24, 2.45) is 17.3 Å². The summed E-state index contributed by atoms with van der Waals surface area (Å²) in [5.74, 6) is 1.13. The minimum Gasteiger partial charge on any atom is -0.385 e. The van der Waals surface area contributed by atoms with Gasteiger partial charge in [-0.25, -0.2) is 13.1 Å². The summed E-state index contributed by atoms with van der Waals surface area (Å²) in [6, 6.07) is 10.3. The van der Waals surface area contributed by atoms with Gasteiger partial charge in [0.15, 0.2) is 0 Å². The van der Waals surface area contributed by atoms with Gasteiger partial charge in [-0.1, -0.05) is 30.3 Å². The van der Waals surface area contributed by atoms with Gasteiger partial charge in [-0.15, -0.1) is 0 Å². The van der Waals surface area contributed by atoms with E-state index in [0.717, 1.165) is 32.1 Å². The van der Waals surface area contributed by atoms with E-state index in [1.807, 2.05) is 18.2 Å². The first-order valence-corrected chi connectivity index (χ1v) is 10.2. The predicted molar refractivity (Wildman–Crippen MR) is 91.7 cm³/mol. The second-order valence-corrected chi connectivity index (χ2v) is 9.14. The normalized spacial score (nSPS) is 25.3. The zero-order valence-electron chi connectivity index (χ0n) is 13.8. The fourth-order valence-corrected chi connectivity index (χ4v) is 4.91. The van der Waals surface area contributed by atoms with Gasteiger partial charge in [0, 0.05) is 20.3 Å². The molecule has 0 bridgehead atoms. The van der Waals surface area contributed by atoms with Crippen LogP contribution in [0.1, 0.15) is 31.2 Å². The molecule has 4 nitrogen and oxygen atoms in total. The van der Waals surface area contributed by atoms with E-state index in [-0.39, 0.29) is 11.2 Å². The monoisotopic (exact) mass is 337 g/mol. The molecule has 128 valence electrons. The summed E-state index contributed by atoms with van der Waals surface area (Å²) in [5, 5.41) is 0. The minimum absolute atomic E-state index is 0.163. The number of hydrogen-bond donors (Lipinski definition) is 1. The summed E-state index contributed by atoms with van der Waals surface area (Å²) >= 11 is 0. The zero-order chi connectivity index (χ0) is 16.3. The van der Waals surface area contributed by atoms with E-state index in [9.17, 15) is 8.42 Å². The Labute approximate surface area is 139 Å². The van der Waals surface area contributed by atoms with E-state index in [2.05, 4.69) is 16.9 Å². The van der Waals surface area contributed by atoms with Gasteiger partial charge in [-0.2, -0.15) is 0 Å². The number of methoxy groups -OCH3 is 1. The van der Waals surface area contributed by atoms with Crippen LogP contribution >= 0.6 is 0 Å². The van der Waals surface area contributed by atoms with Gasteiger partial charge in [0.2, 0.25) is 10.0 Å². The van der Waals surface area contributed by atoms with Crippen molar-refractivity contribution in [2.45, 2.75) is 32.1 Å². The lowest BCUT2D eigenvalue weighted by atomic mass is 10.0. The van der Waals surface area contributed by atoms with E-state index >= 15 is 0 Å². The average Bonchev–Trinajstić information content (AvgIpc) is 3.44. The molecule has 0 aromatic heterocycles. The van der Waals surface area contributed by atoms with E-state index in [4.69, 9.17) is 4.74 Å². The molecule has 2 saturated carbocycles. The number of sulfonamides is 1. The molecule has 0 amide bonds. The number of benzene rings is 1. The summed E-state index contributed by atoms with van der Waals surface area (Å²) in [6.07, 6.45) is 5.20. The molecule has 1 aromatic carbocycles. The second-order valence-electron chi connectivity index (χ2n) is 7.29. The van der Waals surface area contributed by atoms with Crippen molar-refractivity contribution in [2.75, 3.05) is 26.0 Å². The van der Waals surface area contributed by atoms with Crippen LogP contribution in [0.4, 0.5) is 0 Å². The molecule has 23 heavy (non-hydrogen) atoms. The van der Waals surface area contributed by atoms with Crippen LogP contribution in [-0.4, -0.2) is 34.4 Å². The number of nitrogens with one attached hydrogen (secondary N) is 1. The Balaban J connectivity index is 1.41. The Hall–Kier alpha value is -0.910. The molecule has 2 unspecified atom stereocenters. The predicted octanol–water partition coefficient (Wildman–Crippen LogP) is 2.60. The van der Waals surface area contributed by atoms with Gasteiger partial charge in [0.1, 0.15) is 0 Å². The van der Waals surface area contributed by atoms with Gasteiger partial charge in [-0.3, -0.25) is 0 Å². The molecule has 2 fully saturated rings. The SMILES string of the molecule is COCCC1(CNS(=O)(=O)CC2CC2Cc2ccccc2)CC1. The lowest BCUT2D eigenvalue weighted by Gasteiger charge is -2.15. The maximum Gasteiger partial charge on any atom is 0.211 e. The van der Waals surface area contributed by atoms with Crippen LogP contribution in [0.25, 0.3) is 0 Å². The topological polar surface area (TPSA) is 55.4 Å². The van der Waals surface area contributed by atoms with Crippen LogP contribution in [-0.2, 0) is 21.2 Å². The van der Waals surface area contributed by atoms with Gasteiger partial charge in [0.05, 0.1) is 5.75 Å². The number of rotatable bonds is 10. The molecule has 2 aliphatic carbocycles. The number of hydrogen-bond acceptors (Lipinski definition) is 3. The Bertz CT molecular complexity index is 610. The Morgan fingerprint density at radius 1 is 1.22 bits per heavy atom. The molecule has 1 N–H and O–H groups in total. The van der Waals surface area contributed by atoms with Crippen molar-refractivity contribution in [1.82, 2.24) is 4.72 Å². The maximum atomic E-state index is 12.3. The molecule has 2 atom stereocenters. The van der Waals surface area contributed by atoms with Gasteiger partial charge in [0.25, 0.3) is 0 Å². The third-order valence-electron chi connectivity index (χ3n) is 5.30. The summed E-state index contributed by atoms with van der Waals surface area (Å²) in [5.41, 5.74) is 1.47. The fraction of sp³-hybridized carbons (Fsp3) is 0.667. The smallest absolute Gasteiger partial charge is 0.211 e. The molecular formula is C18H27NO3S. The molecule has 3 rings (SSSR count). The van der Waals surface area contributed by atoms with Crippen molar-refractivity contribution in [1.29, 1.82) is 0 Å². The van der Waals surface area contributed by atoms with Crippen LogP contribution in [0.2, 0.25) is 0 Å². The molecule has 0 spiro atoms. The first-order valence-electron chi connectivity index (χ1n) is 8.52. The molecule has 0 heterocycles. The Kier molecular flexibility index (Phi) is 5.09. The van der Waals surface area contributed by atoms with Gasteiger partial charge < -0.3 is 4.74 Å². The Morgan fingerprint density at radius 3 is 2.61 bits per heavy atom. The largest absolute Gasteiger partial charge is 0.385 e. The highest BCUT2D eigenvalue weighted by atomic mass is 32.2. The lowest BCUT2D eigenvalue weighted by Crippen LogP contribution is -2.33. The van der Waals surface area contributed by atoms with Crippen LogP contribution in [0.3, 0.4) is 0 Å². The van der Waals surface area contributed by atoms with E-state index in [0.29, 0.717) is 25.0 Å². The van der Waals surface area contributed by atoms with Gasteiger partial charge in [-0.05, 0) is 54.9 Å². The first kappa shape index (κ1) is 16.9. The maximum absolute atomic E-state index is 12.3. The third kappa shape index (κ3) is 5.03. The van der Waals surface area contributed by atoms with E-state index in [1.165, 1.54) is 5.56 Å². The summed E-state index contributed by atoms with van der Waals surface area (Å²) in [4.78, 5) is 0. The second kappa shape index (κ2) is 6.91. The standard InChI is InChI=1S/C18H27NO3S/c1-22-10-9-18(7-8-18)14-19-23(20,21)13-17-12-16(17)11-15-5-3-2-4-6-15/h2-6,16-17,19H,7-14H2,1H3. The first-order chi connectivity index (χ1) is 11.0. The number of ether oxygens (including phenoxy) is 1. The summed E-state index contributed by atoms with van der Waals surface area (Å²) in [6.45, 7) is 1.29. The van der Waals surface area contributed by atoms with Crippen LogP contribution in [0.5, 0.6) is 0 Å². The lowest BCUT2D eigenvalue weighted by molar-refractivity contribution is 0.173. The highest BCUT2D eigenvalue weighted by molar-refractivity contribution is 7.89. The molecule has 2 aliphatic rings. The van der Waals surface area contributed by atoms with Crippen LogP contribution < -0.4 is 4.72 Å². The fourth-order valence-electron chi connectivity index (χ4n) is 3.30. The molecule has 1 aromatic rings. The molecule has 0 radical (unpaired) electrons. The molecule has 0 aliphatic heterocycles. The van der Waals surface area contributed by atoms with Crippen molar-refractivity contribution >= 4 is 10.0 Å². The third-order valence-corrected chi connectivity index (χ3v) is 6.76. The molecule has 5 heteroatoms. The highest BCUT2D eigenvalue weighted by Crippen LogP contribution is 2.48. The molecule has 0 saturated heterocycles. The van der Waals surface area contributed by atoms with Crippen LogP contribution in [0.15, 0.2) is 30.3 Å². The minimum atomic E-state index is -3.15. The zero-order valence-corrected chi connectivity index (χ0v) is 14.6.